The van der Waals surface area contributed by atoms with Gasteiger partial charge in [0, 0.05) is 6.54 Å². The van der Waals surface area contributed by atoms with Crippen LogP contribution in [0.1, 0.15) is 17.5 Å². The number of carbonyl (C=O) groups excluding carboxylic acids is 2. The summed E-state index contributed by atoms with van der Waals surface area (Å²) in [5, 5.41) is 2.61. The van der Waals surface area contributed by atoms with Gasteiger partial charge < -0.3 is 16.8 Å². The predicted molar refractivity (Wildman–Crippen MR) is 76.9 cm³/mol. The zero-order chi connectivity index (χ0) is 14.4. The van der Waals surface area contributed by atoms with Crippen molar-refractivity contribution in [3.05, 3.63) is 35.1 Å². The van der Waals surface area contributed by atoms with E-state index in [0.717, 1.165) is 11.1 Å². The van der Waals surface area contributed by atoms with Crippen LogP contribution >= 0.6 is 12.4 Å². The van der Waals surface area contributed by atoms with Crippen LogP contribution in [0.5, 0.6) is 0 Å². The molecular formula is C13H19ClFN3O2. The Morgan fingerprint density at radius 3 is 2.60 bits per heavy atom. The standard InChI is InChI=1S/C13H18FN3O2.ClH/c1-8-6-10(14)3-2-9(8)4-5-17-13(19)11(15)7-12(16)18;/h2-3,6,11H,4-5,7,15H2,1H3,(H2,16,18)(H,17,19);1H. The van der Waals surface area contributed by atoms with E-state index in [9.17, 15) is 14.0 Å². The first kappa shape index (κ1) is 18.3. The van der Waals surface area contributed by atoms with Gasteiger partial charge in [-0.1, -0.05) is 6.07 Å². The number of amides is 2. The summed E-state index contributed by atoms with van der Waals surface area (Å²) in [7, 11) is 0. The number of hydrogen-bond acceptors (Lipinski definition) is 3. The minimum atomic E-state index is -0.924. The summed E-state index contributed by atoms with van der Waals surface area (Å²) in [5.74, 6) is -1.32. The third kappa shape index (κ3) is 5.99. The molecule has 0 radical (unpaired) electrons. The van der Waals surface area contributed by atoms with E-state index in [4.69, 9.17) is 11.5 Å². The van der Waals surface area contributed by atoms with Crippen molar-refractivity contribution in [1.82, 2.24) is 5.32 Å². The first-order valence-corrected chi connectivity index (χ1v) is 5.96. The Bertz CT molecular complexity index is 483. The number of benzene rings is 1. The summed E-state index contributed by atoms with van der Waals surface area (Å²) < 4.78 is 12.9. The number of carbonyl (C=O) groups is 2. The minimum absolute atomic E-state index is 0. The molecule has 7 heteroatoms. The van der Waals surface area contributed by atoms with Gasteiger partial charge in [0.25, 0.3) is 0 Å². The maximum absolute atomic E-state index is 12.9. The number of halogens is 2. The number of nitrogens with one attached hydrogen (secondary N) is 1. The Balaban J connectivity index is 0.00000361. The van der Waals surface area contributed by atoms with Gasteiger partial charge in [-0.15, -0.1) is 12.4 Å². The summed E-state index contributed by atoms with van der Waals surface area (Å²) in [6, 6.07) is 3.57. The van der Waals surface area contributed by atoms with E-state index in [1.54, 1.807) is 13.0 Å². The van der Waals surface area contributed by atoms with Gasteiger partial charge in [-0.2, -0.15) is 0 Å². The summed E-state index contributed by atoms with van der Waals surface area (Å²) in [6.07, 6.45) is 0.391. The molecule has 0 bridgehead atoms. The summed E-state index contributed by atoms with van der Waals surface area (Å²) in [6.45, 7) is 2.18. The van der Waals surface area contributed by atoms with E-state index >= 15 is 0 Å². The molecule has 0 spiro atoms. The number of hydrogen-bond donors (Lipinski definition) is 3. The molecule has 0 heterocycles. The fraction of sp³-hybridized carbons (Fsp3) is 0.385. The lowest BCUT2D eigenvalue weighted by atomic mass is 10.1. The lowest BCUT2D eigenvalue weighted by Crippen LogP contribution is -2.43. The number of rotatable bonds is 6. The Morgan fingerprint density at radius 1 is 1.40 bits per heavy atom. The average Bonchev–Trinajstić information content (AvgIpc) is 2.30. The maximum atomic E-state index is 12.9. The smallest absolute Gasteiger partial charge is 0.237 e. The van der Waals surface area contributed by atoms with Crippen LogP contribution in [0.3, 0.4) is 0 Å². The molecule has 0 fully saturated rings. The number of primary amides is 1. The van der Waals surface area contributed by atoms with Crippen molar-refractivity contribution in [2.75, 3.05) is 6.54 Å². The first-order chi connectivity index (χ1) is 8.90. The molecule has 1 rings (SSSR count). The molecule has 0 saturated carbocycles. The van der Waals surface area contributed by atoms with Gasteiger partial charge >= 0.3 is 0 Å². The summed E-state index contributed by atoms with van der Waals surface area (Å²) >= 11 is 0. The van der Waals surface area contributed by atoms with Gasteiger partial charge in [0.05, 0.1) is 12.5 Å². The fourth-order valence-electron chi connectivity index (χ4n) is 1.70. The van der Waals surface area contributed by atoms with Gasteiger partial charge in [0.1, 0.15) is 5.82 Å². The van der Waals surface area contributed by atoms with Crippen molar-refractivity contribution >= 4 is 24.2 Å². The molecule has 0 saturated heterocycles. The zero-order valence-corrected chi connectivity index (χ0v) is 12.0. The summed E-state index contributed by atoms with van der Waals surface area (Å²) in [4.78, 5) is 22.1. The SMILES string of the molecule is Cc1cc(F)ccc1CCNC(=O)C(N)CC(N)=O.Cl. The fourth-order valence-corrected chi connectivity index (χ4v) is 1.70. The van der Waals surface area contributed by atoms with Crippen LogP contribution in [0.25, 0.3) is 0 Å². The topological polar surface area (TPSA) is 98.2 Å². The molecule has 0 aliphatic rings. The van der Waals surface area contributed by atoms with E-state index in [2.05, 4.69) is 5.32 Å². The van der Waals surface area contributed by atoms with Gasteiger partial charge in [-0.05, 0) is 36.6 Å². The lowest BCUT2D eigenvalue weighted by molar-refractivity contribution is -0.126. The second kappa shape index (κ2) is 8.50. The van der Waals surface area contributed by atoms with Crippen molar-refractivity contribution in [2.45, 2.75) is 25.8 Å². The first-order valence-electron chi connectivity index (χ1n) is 5.96. The molecule has 20 heavy (non-hydrogen) atoms. The van der Waals surface area contributed by atoms with Crippen LogP contribution in [-0.4, -0.2) is 24.4 Å². The zero-order valence-electron chi connectivity index (χ0n) is 11.2. The van der Waals surface area contributed by atoms with E-state index in [1.807, 2.05) is 0 Å². The van der Waals surface area contributed by atoms with Gasteiger partial charge in [0.15, 0.2) is 0 Å². The summed E-state index contributed by atoms with van der Waals surface area (Å²) in [5.41, 5.74) is 12.2. The largest absolute Gasteiger partial charge is 0.370 e. The van der Waals surface area contributed by atoms with Crippen LogP contribution in [0.4, 0.5) is 4.39 Å². The van der Waals surface area contributed by atoms with Crippen LogP contribution in [0.15, 0.2) is 18.2 Å². The Morgan fingerprint density at radius 2 is 2.05 bits per heavy atom. The molecule has 1 aromatic rings. The van der Waals surface area contributed by atoms with Gasteiger partial charge in [-0.3, -0.25) is 9.59 Å². The van der Waals surface area contributed by atoms with Crippen LogP contribution in [-0.2, 0) is 16.0 Å². The molecule has 0 aliphatic heterocycles. The molecule has 5 N–H and O–H groups in total. The van der Waals surface area contributed by atoms with Crippen LogP contribution in [0, 0.1) is 12.7 Å². The maximum Gasteiger partial charge on any atom is 0.237 e. The van der Waals surface area contributed by atoms with E-state index in [-0.39, 0.29) is 24.6 Å². The van der Waals surface area contributed by atoms with Gasteiger partial charge in [0.2, 0.25) is 11.8 Å². The van der Waals surface area contributed by atoms with Crippen molar-refractivity contribution < 1.29 is 14.0 Å². The van der Waals surface area contributed by atoms with Gasteiger partial charge in [-0.25, -0.2) is 4.39 Å². The molecular weight excluding hydrogens is 285 g/mol. The van der Waals surface area contributed by atoms with Crippen molar-refractivity contribution in [3.63, 3.8) is 0 Å². The number of nitrogens with two attached hydrogens (primary N) is 2. The van der Waals surface area contributed by atoms with E-state index in [0.29, 0.717) is 13.0 Å². The van der Waals surface area contributed by atoms with Crippen LogP contribution in [0.2, 0.25) is 0 Å². The average molecular weight is 304 g/mol. The Labute approximate surface area is 123 Å². The highest BCUT2D eigenvalue weighted by molar-refractivity contribution is 5.87. The molecule has 2 amide bonds. The predicted octanol–water partition coefficient (Wildman–Crippen LogP) is 0.417. The van der Waals surface area contributed by atoms with E-state index < -0.39 is 17.9 Å². The normalized spacial score (nSPS) is 11.3. The molecule has 1 atom stereocenters. The molecule has 112 valence electrons. The molecule has 1 aromatic carbocycles. The second-order valence-electron chi connectivity index (χ2n) is 4.39. The lowest BCUT2D eigenvalue weighted by Gasteiger charge is -2.11. The highest BCUT2D eigenvalue weighted by atomic mass is 35.5. The molecule has 1 unspecified atom stereocenters. The monoisotopic (exact) mass is 303 g/mol. The Kier molecular flexibility index (Phi) is 7.79. The minimum Gasteiger partial charge on any atom is -0.370 e. The third-order valence-corrected chi connectivity index (χ3v) is 2.76. The van der Waals surface area contributed by atoms with E-state index in [1.165, 1.54) is 12.1 Å². The highest BCUT2D eigenvalue weighted by Gasteiger charge is 2.15. The second-order valence-corrected chi connectivity index (χ2v) is 4.39. The van der Waals surface area contributed by atoms with Crippen molar-refractivity contribution in [2.24, 2.45) is 11.5 Å². The van der Waals surface area contributed by atoms with Crippen LogP contribution < -0.4 is 16.8 Å². The molecule has 0 aliphatic carbocycles. The quantitative estimate of drug-likeness (QED) is 0.710. The molecule has 5 nitrogen and oxygen atoms in total. The van der Waals surface area contributed by atoms with Crippen molar-refractivity contribution in [1.29, 1.82) is 0 Å². The Hall–Kier alpha value is -1.66. The highest BCUT2D eigenvalue weighted by Crippen LogP contribution is 2.10. The molecule has 0 aromatic heterocycles. The van der Waals surface area contributed by atoms with Crippen molar-refractivity contribution in [3.8, 4) is 0 Å². The third-order valence-electron chi connectivity index (χ3n) is 2.76. The number of aryl methyl sites for hydroxylation is 1.